The van der Waals surface area contributed by atoms with E-state index in [-0.39, 0.29) is 34.0 Å². The molecule has 5 nitrogen and oxygen atoms in total. The predicted octanol–water partition coefficient (Wildman–Crippen LogP) is 4.79. The second-order valence-corrected chi connectivity index (χ2v) is 14.0. The molecule has 0 bridgehead atoms. The van der Waals surface area contributed by atoms with Crippen LogP contribution in [-0.4, -0.2) is 44.2 Å². The number of aliphatic hydroxyl groups is 3. The zero-order valence-corrected chi connectivity index (χ0v) is 22.0. The summed E-state index contributed by atoms with van der Waals surface area (Å²) in [5.74, 6) is -0.234. The third-order valence-electron chi connectivity index (χ3n) is 13.0. The second kappa shape index (κ2) is 7.32. The highest BCUT2D eigenvalue weighted by atomic mass is 16.4. The van der Waals surface area contributed by atoms with Gasteiger partial charge in [-0.1, -0.05) is 46.3 Å². The Balaban J connectivity index is 1.64. The monoisotopic (exact) mass is 474 g/mol. The summed E-state index contributed by atoms with van der Waals surface area (Å²) < 4.78 is 0. The molecule has 4 fully saturated rings. The van der Waals surface area contributed by atoms with Gasteiger partial charge in [-0.3, -0.25) is 4.79 Å². The SMILES string of the molecule is CC1C(O)C(O)CC2(C)C1CCC1(C)C2CC=C2C3C(C(=O)O)(CCC(C)C3(C)O)CCC21C. The quantitative estimate of drug-likeness (QED) is 0.410. The summed E-state index contributed by atoms with van der Waals surface area (Å²) in [5, 5.41) is 43.8. The van der Waals surface area contributed by atoms with Crippen LogP contribution >= 0.6 is 0 Å². The van der Waals surface area contributed by atoms with Gasteiger partial charge < -0.3 is 20.4 Å². The van der Waals surface area contributed by atoms with Crippen LogP contribution in [0.25, 0.3) is 0 Å². The molecule has 5 aliphatic carbocycles. The molecule has 0 spiro atoms. The van der Waals surface area contributed by atoms with E-state index in [1.54, 1.807) is 0 Å². The van der Waals surface area contributed by atoms with E-state index in [9.17, 15) is 25.2 Å². The molecular formula is C29H46O5. The number of aliphatic carboxylic acids is 1. The number of allylic oxidation sites excluding steroid dienone is 1. The Labute approximate surface area is 205 Å². The number of fused-ring (bicyclic) bond motifs is 7. The normalized spacial score (nSPS) is 59.1. The summed E-state index contributed by atoms with van der Waals surface area (Å²) in [6.07, 6.45) is 7.38. The largest absolute Gasteiger partial charge is 0.481 e. The number of carboxylic acids is 1. The molecule has 12 atom stereocenters. The molecule has 0 heterocycles. The van der Waals surface area contributed by atoms with E-state index in [1.165, 1.54) is 5.57 Å². The first-order valence-corrected chi connectivity index (χ1v) is 13.7. The number of aliphatic hydroxyl groups excluding tert-OH is 2. The van der Waals surface area contributed by atoms with Crippen molar-refractivity contribution < 1.29 is 25.2 Å². The van der Waals surface area contributed by atoms with E-state index < -0.39 is 29.2 Å². The summed E-state index contributed by atoms with van der Waals surface area (Å²) in [5.41, 5.74) is -1.02. The maximum Gasteiger partial charge on any atom is 0.310 e. The Kier molecular flexibility index (Phi) is 5.33. The zero-order valence-electron chi connectivity index (χ0n) is 22.0. The number of rotatable bonds is 1. The Hall–Kier alpha value is -0.910. The Morgan fingerprint density at radius 2 is 1.68 bits per heavy atom. The van der Waals surface area contributed by atoms with E-state index in [2.05, 4.69) is 40.7 Å². The highest BCUT2D eigenvalue weighted by Crippen LogP contribution is 2.75. The van der Waals surface area contributed by atoms with Crippen molar-refractivity contribution >= 4 is 5.97 Å². The lowest BCUT2D eigenvalue weighted by Crippen LogP contribution is -2.67. The van der Waals surface area contributed by atoms with Crippen LogP contribution < -0.4 is 0 Å². The van der Waals surface area contributed by atoms with Crippen molar-refractivity contribution in [3.05, 3.63) is 11.6 Å². The molecule has 34 heavy (non-hydrogen) atoms. The molecule has 5 rings (SSSR count). The Morgan fingerprint density at radius 1 is 1.00 bits per heavy atom. The fraction of sp³-hybridized carbons (Fsp3) is 0.897. The highest BCUT2D eigenvalue weighted by Gasteiger charge is 2.71. The van der Waals surface area contributed by atoms with Crippen molar-refractivity contribution in [2.45, 2.75) is 111 Å². The van der Waals surface area contributed by atoms with Crippen LogP contribution in [0.2, 0.25) is 0 Å². The van der Waals surface area contributed by atoms with Crippen LogP contribution in [0.15, 0.2) is 11.6 Å². The number of carbonyl (C=O) groups is 1. The smallest absolute Gasteiger partial charge is 0.310 e. The van der Waals surface area contributed by atoms with Gasteiger partial charge in [-0.25, -0.2) is 0 Å². The minimum absolute atomic E-state index is 0.0362. The predicted molar refractivity (Wildman–Crippen MR) is 131 cm³/mol. The van der Waals surface area contributed by atoms with Gasteiger partial charge >= 0.3 is 5.97 Å². The fourth-order valence-corrected chi connectivity index (χ4v) is 10.6. The second-order valence-electron chi connectivity index (χ2n) is 14.0. The molecule has 192 valence electrons. The van der Waals surface area contributed by atoms with Gasteiger partial charge in [0.15, 0.2) is 0 Å². The third kappa shape index (κ3) is 2.75. The number of hydrogen-bond acceptors (Lipinski definition) is 4. The van der Waals surface area contributed by atoms with Gasteiger partial charge in [-0.2, -0.15) is 0 Å². The van der Waals surface area contributed by atoms with Gasteiger partial charge in [0.25, 0.3) is 0 Å². The first-order valence-electron chi connectivity index (χ1n) is 13.7. The van der Waals surface area contributed by atoms with Crippen molar-refractivity contribution in [1.82, 2.24) is 0 Å². The van der Waals surface area contributed by atoms with Crippen LogP contribution in [0.5, 0.6) is 0 Å². The summed E-state index contributed by atoms with van der Waals surface area (Å²) >= 11 is 0. The average Bonchev–Trinajstić information content (AvgIpc) is 2.75. The zero-order chi connectivity index (χ0) is 25.1. The molecule has 5 heteroatoms. The number of hydrogen-bond donors (Lipinski definition) is 4. The van der Waals surface area contributed by atoms with E-state index in [0.717, 1.165) is 32.1 Å². The fourth-order valence-electron chi connectivity index (χ4n) is 10.6. The van der Waals surface area contributed by atoms with Crippen LogP contribution in [0, 0.1) is 51.2 Å². The van der Waals surface area contributed by atoms with Crippen molar-refractivity contribution in [3.63, 3.8) is 0 Å². The van der Waals surface area contributed by atoms with Gasteiger partial charge in [0.05, 0.1) is 23.2 Å². The standard InChI is InChI=1S/C29H46O5/c1-16-9-12-29(24(32)33)14-13-26(4)19(23(29)28(16,6)34)7-8-21-25(3)15-20(30)22(31)17(2)18(25)10-11-27(21,26)5/h7,16-18,20-23,30-31,34H,8-15H2,1-6H3,(H,32,33). The average molecular weight is 475 g/mol. The van der Waals surface area contributed by atoms with Gasteiger partial charge in [0.2, 0.25) is 0 Å². The third-order valence-corrected chi connectivity index (χ3v) is 13.0. The molecule has 0 saturated heterocycles. The lowest BCUT2D eigenvalue weighted by Gasteiger charge is -2.71. The summed E-state index contributed by atoms with van der Waals surface area (Å²) in [7, 11) is 0. The molecule has 4 saturated carbocycles. The summed E-state index contributed by atoms with van der Waals surface area (Å²) in [4.78, 5) is 12.8. The minimum atomic E-state index is -1.05. The van der Waals surface area contributed by atoms with E-state index in [4.69, 9.17) is 0 Å². The molecule has 0 aromatic rings. The van der Waals surface area contributed by atoms with Gasteiger partial charge in [-0.15, -0.1) is 0 Å². The molecule has 5 aliphatic rings. The van der Waals surface area contributed by atoms with Crippen molar-refractivity contribution in [2.75, 3.05) is 0 Å². The molecule has 0 aromatic heterocycles. The maximum atomic E-state index is 12.8. The topological polar surface area (TPSA) is 98.0 Å². The molecule has 0 aliphatic heterocycles. The van der Waals surface area contributed by atoms with E-state index >= 15 is 0 Å². The van der Waals surface area contributed by atoms with Gasteiger partial charge in [0, 0.05) is 5.92 Å². The molecule has 0 radical (unpaired) electrons. The highest BCUT2D eigenvalue weighted by molar-refractivity contribution is 5.77. The maximum absolute atomic E-state index is 12.8. The van der Waals surface area contributed by atoms with Crippen molar-refractivity contribution in [3.8, 4) is 0 Å². The Morgan fingerprint density at radius 3 is 2.32 bits per heavy atom. The van der Waals surface area contributed by atoms with Crippen LogP contribution in [0.1, 0.15) is 92.9 Å². The molecule has 4 N–H and O–H groups in total. The first-order chi connectivity index (χ1) is 15.7. The summed E-state index contributed by atoms with van der Waals surface area (Å²) in [6, 6.07) is 0. The van der Waals surface area contributed by atoms with Crippen LogP contribution in [0.3, 0.4) is 0 Å². The van der Waals surface area contributed by atoms with Gasteiger partial charge in [0.1, 0.15) is 0 Å². The number of carboxylic acid groups (broad SMARTS) is 1. The van der Waals surface area contributed by atoms with Crippen molar-refractivity contribution in [1.29, 1.82) is 0 Å². The van der Waals surface area contributed by atoms with Crippen LogP contribution in [0.4, 0.5) is 0 Å². The minimum Gasteiger partial charge on any atom is -0.481 e. The van der Waals surface area contributed by atoms with Crippen LogP contribution in [-0.2, 0) is 4.79 Å². The van der Waals surface area contributed by atoms with E-state index in [0.29, 0.717) is 31.1 Å². The van der Waals surface area contributed by atoms with Gasteiger partial charge in [-0.05, 0) is 98.2 Å². The molecule has 0 aromatic carbocycles. The lowest BCUT2D eigenvalue weighted by molar-refractivity contribution is -0.218. The molecule has 12 unspecified atom stereocenters. The molecular weight excluding hydrogens is 428 g/mol. The lowest BCUT2D eigenvalue weighted by atomic mass is 9.34. The van der Waals surface area contributed by atoms with E-state index in [1.807, 2.05) is 6.92 Å². The van der Waals surface area contributed by atoms with Crippen molar-refractivity contribution in [2.24, 2.45) is 51.2 Å². The molecule has 0 amide bonds. The first kappa shape index (κ1) is 24.8. The Bertz CT molecular complexity index is 910. The summed E-state index contributed by atoms with van der Waals surface area (Å²) in [6.45, 7) is 13.2.